The van der Waals surface area contributed by atoms with E-state index in [1.807, 2.05) is 30.3 Å². The Kier molecular flexibility index (Phi) is 4.12. The van der Waals surface area contributed by atoms with Crippen molar-refractivity contribution >= 4 is 17.4 Å². The fourth-order valence-corrected chi connectivity index (χ4v) is 1.79. The first kappa shape index (κ1) is 12.8. The molecule has 0 saturated heterocycles. The minimum Gasteiger partial charge on any atom is -0.394 e. The number of benzene rings is 1. The summed E-state index contributed by atoms with van der Waals surface area (Å²) in [4.78, 5) is 8.22. The Labute approximate surface area is 111 Å². The summed E-state index contributed by atoms with van der Waals surface area (Å²) in [6, 6.07) is 9.42. The Bertz CT molecular complexity index is 519. The van der Waals surface area contributed by atoms with Gasteiger partial charge < -0.3 is 10.4 Å². The van der Waals surface area contributed by atoms with E-state index in [-0.39, 0.29) is 12.6 Å². The molecule has 1 atom stereocenters. The molecule has 18 heavy (non-hydrogen) atoms. The number of aromatic nitrogens is 2. The van der Waals surface area contributed by atoms with Crippen LogP contribution in [0.3, 0.4) is 0 Å². The maximum absolute atomic E-state index is 9.45. The van der Waals surface area contributed by atoms with Gasteiger partial charge in [0.15, 0.2) is 0 Å². The summed E-state index contributed by atoms with van der Waals surface area (Å²) >= 11 is 6.02. The third kappa shape index (κ3) is 2.97. The number of anilines is 1. The zero-order valence-electron chi connectivity index (χ0n) is 9.97. The summed E-state index contributed by atoms with van der Waals surface area (Å²) in [7, 11) is 0. The van der Waals surface area contributed by atoms with Crippen LogP contribution in [0.2, 0.25) is 5.02 Å². The lowest BCUT2D eigenvalue weighted by Crippen LogP contribution is -2.16. The molecule has 0 unspecified atom stereocenters. The van der Waals surface area contributed by atoms with Crippen molar-refractivity contribution in [1.29, 1.82) is 0 Å². The molecule has 2 N–H and O–H groups in total. The molecule has 0 bridgehead atoms. The van der Waals surface area contributed by atoms with E-state index in [1.54, 1.807) is 13.1 Å². The molecule has 4 nitrogen and oxygen atoms in total. The number of aliphatic hydroxyl groups is 1. The van der Waals surface area contributed by atoms with Gasteiger partial charge in [-0.15, -0.1) is 0 Å². The molecule has 0 aliphatic carbocycles. The van der Waals surface area contributed by atoms with Gasteiger partial charge >= 0.3 is 0 Å². The highest BCUT2D eigenvalue weighted by atomic mass is 35.5. The molecule has 0 spiro atoms. The molecule has 2 aromatic rings. The van der Waals surface area contributed by atoms with Crippen LogP contribution in [0.15, 0.2) is 36.5 Å². The highest BCUT2D eigenvalue weighted by molar-refractivity contribution is 6.32. The first-order chi connectivity index (χ1) is 8.70. The average Bonchev–Trinajstić information content (AvgIpc) is 2.41. The summed E-state index contributed by atoms with van der Waals surface area (Å²) in [5.74, 6) is 1.17. The molecule has 0 saturated carbocycles. The van der Waals surface area contributed by atoms with E-state index in [9.17, 15) is 5.11 Å². The van der Waals surface area contributed by atoms with Gasteiger partial charge in [0.1, 0.15) is 16.7 Å². The van der Waals surface area contributed by atoms with Crippen LogP contribution < -0.4 is 5.32 Å². The predicted molar refractivity (Wildman–Crippen MR) is 71.7 cm³/mol. The molecule has 0 radical (unpaired) electrons. The normalized spacial score (nSPS) is 12.2. The summed E-state index contributed by atoms with van der Waals surface area (Å²) < 4.78 is 0. The van der Waals surface area contributed by atoms with E-state index in [0.29, 0.717) is 16.7 Å². The van der Waals surface area contributed by atoms with Crippen molar-refractivity contribution in [1.82, 2.24) is 9.97 Å². The van der Waals surface area contributed by atoms with E-state index in [1.165, 1.54) is 0 Å². The SMILES string of the molecule is Cc1ncc(Cl)c(N[C@@H](CO)c2ccccc2)n1. The Morgan fingerprint density at radius 3 is 2.72 bits per heavy atom. The lowest BCUT2D eigenvalue weighted by Gasteiger charge is -2.18. The smallest absolute Gasteiger partial charge is 0.149 e. The Morgan fingerprint density at radius 2 is 2.06 bits per heavy atom. The number of hydrogen-bond donors (Lipinski definition) is 2. The van der Waals surface area contributed by atoms with Gasteiger partial charge in [-0.1, -0.05) is 41.9 Å². The number of nitrogens with one attached hydrogen (secondary N) is 1. The standard InChI is InChI=1S/C13H14ClN3O/c1-9-15-7-11(14)13(16-9)17-12(8-18)10-5-3-2-4-6-10/h2-7,12,18H,8H2,1H3,(H,15,16,17)/t12-/m0/s1. The van der Waals surface area contributed by atoms with E-state index in [4.69, 9.17) is 11.6 Å². The van der Waals surface area contributed by atoms with Crippen LogP contribution >= 0.6 is 11.6 Å². The molecule has 5 heteroatoms. The van der Waals surface area contributed by atoms with Crippen LogP contribution in [-0.2, 0) is 0 Å². The molecular weight excluding hydrogens is 250 g/mol. The maximum atomic E-state index is 9.45. The van der Waals surface area contributed by atoms with Crippen molar-refractivity contribution in [2.45, 2.75) is 13.0 Å². The maximum Gasteiger partial charge on any atom is 0.149 e. The number of aliphatic hydroxyl groups excluding tert-OH is 1. The first-order valence-electron chi connectivity index (χ1n) is 5.62. The summed E-state index contributed by atoms with van der Waals surface area (Å²) in [5.41, 5.74) is 0.979. The van der Waals surface area contributed by atoms with E-state index in [0.717, 1.165) is 5.56 Å². The number of halogens is 1. The van der Waals surface area contributed by atoms with Crippen molar-refractivity contribution in [3.05, 3.63) is 52.9 Å². The Morgan fingerprint density at radius 1 is 1.33 bits per heavy atom. The van der Waals surface area contributed by atoms with Crippen LogP contribution in [0.25, 0.3) is 0 Å². The molecule has 0 aliphatic rings. The lowest BCUT2D eigenvalue weighted by atomic mass is 10.1. The average molecular weight is 264 g/mol. The Hall–Kier alpha value is -1.65. The second-order valence-electron chi connectivity index (χ2n) is 3.90. The number of aryl methyl sites for hydroxylation is 1. The topological polar surface area (TPSA) is 58.0 Å². The van der Waals surface area contributed by atoms with Gasteiger partial charge in [0, 0.05) is 0 Å². The van der Waals surface area contributed by atoms with Gasteiger partial charge in [-0.3, -0.25) is 0 Å². The molecule has 94 valence electrons. The second-order valence-corrected chi connectivity index (χ2v) is 4.31. The summed E-state index contributed by atoms with van der Waals surface area (Å²) in [6.45, 7) is 1.75. The molecular formula is C13H14ClN3O. The van der Waals surface area contributed by atoms with Crippen molar-refractivity contribution in [3.8, 4) is 0 Å². The van der Waals surface area contributed by atoms with Gasteiger partial charge in [-0.05, 0) is 12.5 Å². The Balaban J connectivity index is 2.23. The fourth-order valence-electron chi connectivity index (χ4n) is 1.64. The molecule has 1 heterocycles. The summed E-state index contributed by atoms with van der Waals surface area (Å²) in [6.07, 6.45) is 1.55. The van der Waals surface area contributed by atoms with Gasteiger partial charge in [0.2, 0.25) is 0 Å². The van der Waals surface area contributed by atoms with Crippen LogP contribution in [-0.4, -0.2) is 21.7 Å². The summed E-state index contributed by atoms with van der Waals surface area (Å²) in [5, 5.41) is 13.0. The van der Waals surface area contributed by atoms with Crippen LogP contribution in [0.5, 0.6) is 0 Å². The van der Waals surface area contributed by atoms with E-state index >= 15 is 0 Å². The van der Waals surface area contributed by atoms with Gasteiger partial charge in [0.05, 0.1) is 18.8 Å². The predicted octanol–water partition coefficient (Wildman–Crippen LogP) is 2.58. The lowest BCUT2D eigenvalue weighted by molar-refractivity contribution is 0.276. The molecule has 0 amide bonds. The molecule has 1 aromatic carbocycles. The minimum absolute atomic E-state index is 0.0383. The van der Waals surface area contributed by atoms with Crippen molar-refractivity contribution in [2.75, 3.05) is 11.9 Å². The van der Waals surface area contributed by atoms with E-state index in [2.05, 4.69) is 15.3 Å². The van der Waals surface area contributed by atoms with Crippen LogP contribution in [0, 0.1) is 6.92 Å². The van der Waals surface area contributed by atoms with Crippen molar-refractivity contribution in [3.63, 3.8) is 0 Å². The third-order valence-corrected chi connectivity index (χ3v) is 2.84. The molecule has 1 aromatic heterocycles. The van der Waals surface area contributed by atoms with Crippen molar-refractivity contribution in [2.24, 2.45) is 0 Å². The highest BCUT2D eigenvalue weighted by Gasteiger charge is 2.12. The third-order valence-electron chi connectivity index (χ3n) is 2.56. The zero-order chi connectivity index (χ0) is 13.0. The largest absolute Gasteiger partial charge is 0.394 e. The van der Waals surface area contributed by atoms with E-state index < -0.39 is 0 Å². The highest BCUT2D eigenvalue weighted by Crippen LogP contribution is 2.23. The first-order valence-corrected chi connectivity index (χ1v) is 6.00. The fraction of sp³-hybridized carbons (Fsp3) is 0.231. The van der Waals surface area contributed by atoms with Crippen LogP contribution in [0.4, 0.5) is 5.82 Å². The number of rotatable bonds is 4. The quantitative estimate of drug-likeness (QED) is 0.890. The minimum atomic E-state index is -0.238. The van der Waals surface area contributed by atoms with Crippen LogP contribution in [0.1, 0.15) is 17.4 Å². The number of hydrogen-bond acceptors (Lipinski definition) is 4. The molecule has 0 fully saturated rings. The van der Waals surface area contributed by atoms with Gasteiger partial charge in [-0.25, -0.2) is 9.97 Å². The number of nitrogens with zero attached hydrogens (tertiary/aromatic N) is 2. The monoisotopic (exact) mass is 263 g/mol. The van der Waals surface area contributed by atoms with Gasteiger partial charge in [0.25, 0.3) is 0 Å². The second kappa shape index (κ2) is 5.80. The molecule has 2 rings (SSSR count). The van der Waals surface area contributed by atoms with Crippen molar-refractivity contribution < 1.29 is 5.11 Å². The zero-order valence-corrected chi connectivity index (χ0v) is 10.7. The van der Waals surface area contributed by atoms with Gasteiger partial charge in [-0.2, -0.15) is 0 Å². The molecule has 0 aliphatic heterocycles.